The van der Waals surface area contributed by atoms with E-state index in [2.05, 4.69) is 37.3 Å². The van der Waals surface area contributed by atoms with Crippen molar-refractivity contribution < 1.29 is 13.6 Å². The first kappa shape index (κ1) is 18.5. The van der Waals surface area contributed by atoms with Crippen LogP contribution >= 0.6 is 7.60 Å². The normalized spacial score (nSPS) is 19.4. The second-order valence-electron chi connectivity index (χ2n) is 5.79. The van der Waals surface area contributed by atoms with Gasteiger partial charge in [0.1, 0.15) is 0 Å². The Morgan fingerprint density at radius 3 is 2.48 bits per heavy atom. The number of unbranched alkanes of at least 4 members (excludes halogenated alkanes) is 1. The van der Waals surface area contributed by atoms with Crippen molar-refractivity contribution in [2.24, 2.45) is 0 Å². The van der Waals surface area contributed by atoms with Crippen LogP contribution in [0.25, 0.3) is 4.47 Å². The van der Waals surface area contributed by atoms with Gasteiger partial charge in [0.25, 0.3) is 0 Å². The van der Waals surface area contributed by atoms with Gasteiger partial charge in [-0.05, 0) is 0 Å². The maximum atomic E-state index is 13.4. The quantitative estimate of drug-likeness (QED) is 0.489. The molecule has 1 heterocycles. The van der Waals surface area contributed by atoms with Crippen LogP contribution < -0.4 is 9.77 Å². The van der Waals surface area contributed by atoms with Crippen LogP contribution in [-0.4, -0.2) is 21.6 Å². The van der Waals surface area contributed by atoms with Crippen LogP contribution in [0.2, 0.25) is 0 Å². The van der Waals surface area contributed by atoms with E-state index in [1.165, 1.54) is 8.93 Å². The molecular formula is C20H23O3PSe. The van der Waals surface area contributed by atoms with E-state index in [1.807, 2.05) is 31.2 Å². The summed E-state index contributed by atoms with van der Waals surface area (Å²) in [6.07, 6.45) is 2.88. The van der Waals surface area contributed by atoms with Gasteiger partial charge < -0.3 is 0 Å². The average Bonchev–Trinajstić information content (AvgIpc) is 2.64. The molecule has 1 aliphatic rings. The van der Waals surface area contributed by atoms with E-state index in [4.69, 9.17) is 9.05 Å². The second kappa shape index (κ2) is 8.38. The number of allylic oxidation sites excluding steroid dienone is 1. The fourth-order valence-electron chi connectivity index (χ4n) is 2.77. The van der Waals surface area contributed by atoms with Crippen molar-refractivity contribution in [2.45, 2.75) is 33.1 Å². The fraction of sp³-hybridized carbons (Fsp3) is 0.300. The molecule has 1 atom stereocenters. The van der Waals surface area contributed by atoms with E-state index < -0.39 is 7.60 Å². The van der Waals surface area contributed by atoms with E-state index in [1.54, 1.807) is 0 Å². The first-order chi connectivity index (χ1) is 12.2. The van der Waals surface area contributed by atoms with Crippen LogP contribution in [0, 0.1) is 0 Å². The molecule has 0 aromatic heterocycles. The second-order valence-corrected chi connectivity index (χ2v) is 9.99. The number of benzene rings is 2. The first-order valence-electron chi connectivity index (χ1n) is 8.68. The van der Waals surface area contributed by atoms with Crippen molar-refractivity contribution in [1.29, 1.82) is 0 Å². The Kier molecular flexibility index (Phi) is 6.19. The summed E-state index contributed by atoms with van der Waals surface area (Å²) in [6, 6.07) is 18.3. The Hall–Kier alpha value is -1.31. The molecule has 0 N–H and O–H groups in total. The zero-order valence-electron chi connectivity index (χ0n) is 14.6. The van der Waals surface area contributed by atoms with E-state index >= 15 is 0 Å². The third-order valence-corrected chi connectivity index (χ3v) is 8.42. The van der Waals surface area contributed by atoms with E-state index in [0.29, 0.717) is 11.9 Å². The van der Waals surface area contributed by atoms with Gasteiger partial charge in [-0.1, -0.05) is 0 Å². The summed E-state index contributed by atoms with van der Waals surface area (Å²) >= 11 is 0.0951. The summed E-state index contributed by atoms with van der Waals surface area (Å²) in [6.45, 7) is 4.37. The van der Waals surface area contributed by atoms with Crippen LogP contribution in [0.3, 0.4) is 0 Å². The first-order valence-corrected chi connectivity index (χ1v) is 11.9. The number of rotatable bonds is 7. The molecule has 0 saturated heterocycles. The molecule has 132 valence electrons. The zero-order chi connectivity index (χ0) is 17.7. The third kappa shape index (κ3) is 4.10. The summed E-state index contributed by atoms with van der Waals surface area (Å²) in [5.74, 6) is 0.848. The van der Waals surface area contributed by atoms with Crippen molar-refractivity contribution in [3.8, 4) is 0 Å². The molecule has 0 saturated carbocycles. The number of hydrogen-bond acceptors (Lipinski definition) is 3. The summed E-state index contributed by atoms with van der Waals surface area (Å²) in [7, 11) is -3.29. The summed E-state index contributed by atoms with van der Waals surface area (Å²) in [5.41, 5.74) is 1.03. The Balaban J connectivity index is 2.09. The molecule has 0 radical (unpaired) electrons. The van der Waals surface area contributed by atoms with Crippen LogP contribution in [0.5, 0.6) is 0 Å². The molecule has 1 unspecified atom stereocenters. The maximum absolute atomic E-state index is 13.4. The number of hydrogen-bond donors (Lipinski definition) is 0. The Morgan fingerprint density at radius 1 is 1.04 bits per heavy atom. The van der Waals surface area contributed by atoms with Gasteiger partial charge in [0.2, 0.25) is 0 Å². The van der Waals surface area contributed by atoms with Crippen molar-refractivity contribution >= 4 is 36.8 Å². The van der Waals surface area contributed by atoms with Gasteiger partial charge in [-0.2, -0.15) is 0 Å². The molecule has 0 fully saturated rings. The fourth-order valence-corrected chi connectivity index (χ4v) is 7.19. The van der Waals surface area contributed by atoms with Crippen LogP contribution in [-0.2, 0) is 13.6 Å². The van der Waals surface area contributed by atoms with Crippen LogP contribution in [0.15, 0.2) is 60.4 Å². The molecule has 3 rings (SSSR count). The summed E-state index contributed by atoms with van der Waals surface area (Å²) < 4.78 is 27.5. The molecule has 2 aromatic carbocycles. The average molecular weight is 421 g/mol. The topological polar surface area (TPSA) is 35.5 Å². The van der Waals surface area contributed by atoms with E-state index in [9.17, 15) is 4.57 Å². The SMILES string of the molecule is CCCCC1=C([Se]c2ccccc2)c2ccccc2P(=O)(OCC)O1. The van der Waals surface area contributed by atoms with Gasteiger partial charge in [-0.25, -0.2) is 0 Å². The standard InChI is InChI=1S/C20H23O3PSe/c1-3-5-14-18-20(25-16-11-7-6-8-12-16)17-13-9-10-15-19(17)24(21,23-18)22-4-2/h6-13,15H,3-5,14H2,1-2H3. The Morgan fingerprint density at radius 2 is 1.76 bits per heavy atom. The molecular weight excluding hydrogens is 398 g/mol. The predicted octanol–water partition coefficient (Wildman–Crippen LogP) is 4.46. The van der Waals surface area contributed by atoms with Crippen molar-refractivity contribution in [2.75, 3.05) is 6.61 Å². The van der Waals surface area contributed by atoms with Gasteiger partial charge in [0.05, 0.1) is 0 Å². The molecule has 0 spiro atoms. The predicted molar refractivity (Wildman–Crippen MR) is 105 cm³/mol. The van der Waals surface area contributed by atoms with Gasteiger partial charge >= 0.3 is 156 Å². The van der Waals surface area contributed by atoms with Crippen LogP contribution in [0.1, 0.15) is 38.7 Å². The minimum absolute atomic E-state index is 0.0951. The monoisotopic (exact) mass is 422 g/mol. The molecule has 0 bridgehead atoms. The van der Waals surface area contributed by atoms with Crippen molar-refractivity contribution in [3.63, 3.8) is 0 Å². The third-order valence-electron chi connectivity index (χ3n) is 3.95. The molecule has 0 aliphatic carbocycles. The molecule has 1 aliphatic heterocycles. The molecule has 0 amide bonds. The molecule has 25 heavy (non-hydrogen) atoms. The molecule has 2 aromatic rings. The van der Waals surface area contributed by atoms with E-state index in [-0.39, 0.29) is 15.0 Å². The Bertz CT molecular complexity index is 802. The Labute approximate surface area is 156 Å². The van der Waals surface area contributed by atoms with E-state index in [0.717, 1.165) is 30.6 Å². The number of fused-ring (bicyclic) bond motifs is 1. The minimum atomic E-state index is -3.29. The van der Waals surface area contributed by atoms with Crippen LogP contribution in [0.4, 0.5) is 0 Å². The van der Waals surface area contributed by atoms with Gasteiger partial charge in [0, 0.05) is 0 Å². The van der Waals surface area contributed by atoms with Gasteiger partial charge in [-0.15, -0.1) is 0 Å². The van der Waals surface area contributed by atoms with Gasteiger partial charge in [-0.3, -0.25) is 0 Å². The summed E-state index contributed by atoms with van der Waals surface area (Å²) in [5, 5.41) is 0.699. The molecule has 3 nitrogen and oxygen atoms in total. The van der Waals surface area contributed by atoms with Gasteiger partial charge in [0.15, 0.2) is 0 Å². The van der Waals surface area contributed by atoms with Crippen molar-refractivity contribution in [1.82, 2.24) is 0 Å². The summed E-state index contributed by atoms with van der Waals surface area (Å²) in [4.78, 5) is 0. The molecule has 5 heteroatoms. The zero-order valence-corrected chi connectivity index (χ0v) is 17.2. The van der Waals surface area contributed by atoms with Crippen molar-refractivity contribution in [3.05, 3.63) is 65.9 Å².